The summed E-state index contributed by atoms with van der Waals surface area (Å²) in [6.07, 6.45) is 1.72. The van der Waals surface area contributed by atoms with Crippen molar-refractivity contribution in [3.63, 3.8) is 0 Å². The first kappa shape index (κ1) is 15.1. The van der Waals surface area contributed by atoms with Crippen molar-refractivity contribution >= 4 is 0 Å². The Bertz CT molecular complexity index is 626. The summed E-state index contributed by atoms with van der Waals surface area (Å²) in [4.78, 5) is 4.17. The molecule has 3 N–H and O–H groups in total. The topological polar surface area (TPSA) is 83.2 Å². The first-order valence-corrected chi connectivity index (χ1v) is 7.38. The second kappa shape index (κ2) is 6.51. The molecule has 1 fully saturated rings. The van der Waals surface area contributed by atoms with E-state index in [1.807, 2.05) is 0 Å². The Morgan fingerprint density at radius 1 is 1.41 bits per heavy atom. The van der Waals surface area contributed by atoms with Crippen molar-refractivity contribution in [3.8, 4) is 11.4 Å². The van der Waals surface area contributed by atoms with Crippen molar-refractivity contribution in [3.05, 3.63) is 36.0 Å². The van der Waals surface area contributed by atoms with E-state index in [0.29, 0.717) is 31.1 Å². The average molecular weight is 306 g/mol. The molecule has 2 aromatic rings. The van der Waals surface area contributed by atoms with Crippen LogP contribution in [0.3, 0.4) is 0 Å². The fraction of sp³-hybridized carbons (Fsp3) is 0.467. The monoisotopic (exact) mass is 306 g/mol. The van der Waals surface area contributed by atoms with Crippen LogP contribution in [-0.2, 0) is 6.54 Å². The number of rotatable bonds is 5. The smallest absolute Gasteiger partial charge is 0.240 e. The number of aromatic nitrogens is 2. The van der Waals surface area contributed by atoms with Crippen molar-refractivity contribution in [2.45, 2.75) is 25.0 Å². The van der Waals surface area contributed by atoms with E-state index < -0.39 is 5.60 Å². The third kappa shape index (κ3) is 3.49. The molecule has 0 aliphatic carbocycles. The van der Waals surface area contributed by atoms with Gasteiger partial charge in [0.25, 0.3) is 0 Å². The molecule has 1 aromatic carbocycles. The summed E-state index contributed by atoms with van der Waals surface area (Å²) < 4.78 is 18.8. The SMILES string of the molecule is OC1(CNCc2nc(-c3ccccc3F)no2)CCCNC1. The molecule has 1 unspecified atom stereocenters. The lowest BCUT2D eigenvalue weighted by atomic mass is 9.94. The van der Waals surface area contributed by atoms with Crippen LogP contribution in [0.1, 0.15) is 18.7 Å². The summed E-state index contributed by atoms with van der Waals surface area (Å²) in [5, 5.41) is 20.4. The quantitative estimate of drug-likeness (QED) is 0.767. The molecule has 0 radical (unpaired) electrons. The highest BCUT2D eigenvalue weighted by Crippen LogP contribution is 2.19. The zero-order valence-corrected chi connectivity index (χ0v) is 12.2. The van der Waals surface area contributed by atoms with E-state index in [2.05, 4.69) is 20.8 Å². The molecule has 1 aromatic heterocycles. The van der Waals surface area contributed by atoms with Gasteiger partial charge in [0.1, 0.15) is 5.82 Å². The van der Waals surface area contributed by atoms with Crippen LogP contribution in [0, 0.1) is 5.82 Å². The third-order valence-corrected chi connectivity index (χ3v) is 3.76. The van der Waals surface area contributed by atoms with Gasteiger partial charge in [0.15, 0.2) is 0 Å². The molecule has 6 nitrogen and oxygen atoms in total. The van der Waals surface area contributed by atoms with E-state index in [4.69, 9.17) is 4.52 Å². The summed E-state index contributed by atoms with van der Waals surface area (Å²) in [6, 6.07) is 6.29. The minimum atomic E-state index is -0.743. The lowest BCUT2D eigenvalue weighted by Crippen LogP contribution is -2.51. The van der Waals surface area contributed by atoms with Gasteiger partial charge in [-0.1, -0.05) is 17.3 Å². The number of β-amino-alcohol motifs (C(OH)–C–C–N with tert-alkyl or cyclic N) is 1. The number of piperidine rings is 1. The molecule has 1 saturated heterocycles. The van der Waals surface area contributed by atoms with Gasteiger partial charge in [-0.05, 0) is 31.5 Å². The molecule has 0 bridgehead atoms. The van der Waals surface area contributed by atoms with Gasteiger partial charge in [-0.25, -0.2) is 4.39 Å². The van der Waals surface area contributed by atoms with Crippen molar-refractivity contribution in [1.29, 1.82) is 0 Å². The lowest BCUT2D eigenvalue weighted by Gasteiger charge is -2.32. The number of halogens is 1. The summed E-state index contributed by atoms with van der Waals surface area (Å²) in [5.41, 5.74) is -0.431. The summed E-state index contributed by atoms with van der Waals surface area (Å²) >= 11 is 0. The molecular formula is C15H19FN4O2. The van der Waals surface area contributed by atoms with E-state index in [1.165, 1.54) is 6.07 Å². The van der Waals surface area contributed by atoms with Gasteiger partial charge >= 0.3 is 0 Å². The highest BCUT2D eigenvalue weighted by atomic mass is 19.1. The second-order valence-corrected chi connectivity index (χ2v) is 5.60. The van der Waals surface area contributed by atoms with E-state index in [0.717, 1.165) is 19.4 Å². The molecule has 0 spiro atoms. The number of hydrogen-bond acceptors (Lipinski definition) is 6. The lowest BCUT2D eigenvalue weighted by molar-refractivity contribution is 0.0164. The minimum absolute atomic E-state index is 0.230. The first-order chi connectivity index (χ1) is 10.7. The summed E-state index contributed by atoms with van der Waals surface area (Å²) in [5.74, 6) is 0.212. The Kier molecular flexibility index (Phi) is 4.47. The highest BCUT2D eigenvalue weighted by Gasteiger charge is 2.28. The fourth-order valence-electron chi connectivity index (χ4n) is 2.58. The third-order valence-electron chi connectivity index (χ3n) is 3.76. The predicted octanol–water partition coefficient (Wildman–Crippen LogP) is 1.08. The van der Waals surface area contributed by atoms with Crippen molar-refractivity contribution in [2.24, 2.45) is 0 Å². The van der Waals surface area contributed by atoms with Crippen LogP contribution < -0.4 is 10.6 Å². The molecule has 0 saturated carbocycles. The predicted molar refractivity (Wildman–Crippen MR) is 78.5 cm³/mol. The van der Waals surface area contributed by atoms with Crippen molar-refractivity contribution in [2.75, 3.05) is 19.6 Å². The van der Waals surface area contributed by atoms with Crippen LogP contribution in [0.15, 0.2) is 28.8 Å². The molecule has 118 valence electrons. The number of hydrogen-bond donors (Lipinski definition) is 3. The van der Waals surface area contributed by atoms with Crippen molar-refractivity contribution < 1.29 is 14.0 Å². The molecule has 2 heterocycles. The van der Waals surface area contributed by atoms with Crippen LogP contribution in [0.4, 0.5) is 4.39 Å². The zero-order chi connectivity index (χ0) is 15.4. The molecule has 7 heteroatoms. The molecule has 3 rings (SSSR count). The molecule has 1 atom stereocenters. The van der Waals surface area contributed by atoms with E-state index >= 15 is 0 Å². The van der Waals surface area contributed by atoms with E-state index in [1.54, 1.807) is 18.2 Å². The Hall–Kier alpha value is -1.83. The molecule has 0 amide bonds. The van der Waals surface area contributed by atoms with Crippen LogP contribution in [-0.4, -0.2) is 40.5 Å². The Morgan fingerprint density at radius 3 is 3.05 bits per heavy atom. The van der Waals surface area contributed by atoms with E-state index in [-0.39, 0.29) is 11.6 Å². The van der Waals surface area contributed by atoms with Crippen molar-refractivity contribution in [1.82, 2.24) is 20.8 Å². The number of aliphatic hydroxyl groups is 1. The van der Waals surface area contributed by atoms with Gasteiger partial charge in [-0.15, -0.1) is 0 Å². The Labute approximate surface area is 127 Å². The number of nitrogens with one attached hydrogen (secondary N) is 2. The van der Waals surface area contributed by atoms with E-state index in [9.17, 15) is 9.50 Å². The van der Waals surface area contributed by atoms with Gasteiger partial charge in [-0.3, -0.25) is 0 Å². The fourth-order valence-corrected chi connectivity index (χ4v) is 2.58. The largest absolute Gasteiger partial charge is 0.387 e. The zero-order valence-electron chi connectivity index (χ0n) is 12.2. The maximum Gasteiger partial charge on any atom is 0.240 e. The van der Waals surface area contributed by atoms with Crippen LogP contribution in [0.25, 0.3) is 11.4 Å². The standard InChI is InChI=1S/C15H19FN4O2/c16-12-5-2-1-4-11(12)14-19-13(22-20-14)8-18-10-15(21)6-3-7-17-9-15/h1-2,4-5,17-18,21H,3,6-10H2. The maximum absolute atomic E-state index is 13.7. The van der Waals surface area contributed by atoms with Crippen LogP contribution in [0.2, 0.25) is 0 Å². The summed E-state index contributed by atoms with van der Waals surface area (Å²) in [7, 11) is 0. The highest BCUT2D eigenvalue weighted by molar-refractivity contribution is 5.54. The molecule has 22 heavy (non-hydrogen) atoms. The average Bonchev–Trinajstić information content (AvgIpc) is 2.97. The van der Waals surface area contributed by atoms with Crippen LogP contribution >= 0.6 is 0 Å². The minimum Gasteiger partial charge on any atom is -0.387 e. The molecule has 1 aliphatic rings. The Morgan fingerprint density at radius 2 is 2.27 bits per heavy atom. The first-order valence-electron chi connectivity index (χ1n) is 7.38. The Balaban J connectivity index is 1.57. The number of nitrogens with zero attached hydrogens (tertiary/aromatic N) is 2. The normalized spacial score (nSPS) is 21.9. The van der Waals surface area contributed by atoms with Gasteiger partial charge in [0.2, 0.25) is 11.7 Å². The molecular weight excluding hydrogens is 287 g/mol. The van der Waals surface area contributed by atoms with Gasteiger partial charge < -0.3 is 20.3 Å². The summed E-state index contributed by atoms with van der Waals surface area (Å²) in [6.45, 7) is 2.30. The number of benzene rings is 1. The van der Waals surface area contributed by atoms with Gasteiger partial charge in [-0.2, -0.15) is 4.98 Å². The van der Waals surface area contributed by atoms with Crippen LogP contribution in [0.5, 0.6) is 0 Å². The maximum atomic E-state index is 13.7. The van der Waals surface area contributed by atoms with Gasteiger partial charge in [0, 0.05) is 13.1 Å². The second-order valence-electron chi connectivity index (χ2n) is 5.60. The van der Waals surface area contributed by atoms with Gasteiger partial charge in [0.05, 0.1) is 17.7 Å². The molecule has 1 aliphatic heterocycles.